The van der Waals surface area contributed by atoms with E-state index in [1.807, 2.05) is 0 Å². The molecule has 0 aliphatic rings. The molecule has 104 valence electrons. The Hall–Kier alpha value is -0.120. The number of hydrogen-bond acceptors (Lipinski definition) is 3. The molecule has 0 unspecified atom stereocenters. The Labute approximate surface area is 108 Å². The van der Waals surface area contributed by atoms with Crippen molar-refractivity contribution in [1.82, 2.24) is 10.2 Å². The zero-order chi connectivity index (χ0) is 13.1. The third-order valence-electron chi connectivity index (χ3n) is 3.81. The summed E-state index contributed by atoms with van der Waals surface area (Å²) in [5.41, 5.74) is 0.414. The largest absolute Gasteiger partial charge is 0.380 e. The molecule has 17 heavy (non-hydrogen) atoms. The lowest BCUT2D eigenvalue weighted by atomic mass is 9.81. The van der Waals surface area contributed by atoms with Crippen LogP contribution in [0.4, 0.5) is 0 Å². The minimum Gasteiger partial charge on any atom is -0.380 e. The molecule has 0 fully saturated rings. The van der Waals surface area contributed by atoms with Gasteiger partial charge in [0, 0.05) is 26.2 Å². The number of rotatable bonds is 11. The first-order chi connectivity index (χ1) is 8.17. The Morgan fingerprint density at radius 1 is 1.12 bits per heavy atom. The molecule has 0 bridgehead atoms. The molecular formula is C14H32N2O. The molecule has 0 heterocycles. The highest BCUT2D eigenvalue weighted by molar-refractivity contribution is 4.82. The van der Waals surface area contributed by atoms with Crippen molar-refractivity contribution in [2.45, 2.75) is 40.5 Å². The van der Waals surface area contributed by atoms with Gasteiger partial charge in [-0.05, 0) is 38.8 Å². The molecule has 0 aromatic heterocycles. The lowest BCUT2D eigenvalue weighted by Gasteiger charge is -2.37. The van der Waals surface area contributed by atoms with Crippen molar-refractivity contribution in [1.29, 1.82) is 0 Å². The van der Waals surface area contributed by atoms with E-state index in [0.717, 1.165) is 32.8 Å². The zero-order valence-electron chi connectivity index (χ0n) is 12.5. The predicted octanol–water partition coefficient (Wildman–Crippen LogP) is 2.37. The monoisotopic (exact) mass is 244 g/mol. The van der Waals surface area contributed by atoms with Crippen LogP contribution in [0.2, 0.25) is 0 Å². The van der Waals surface area contributed by atoms with Gasteiger partial charge in [-0.2, -0.15) is 0 Å². The van der Waals surface area contributed by atoms with Gasteiger partial charge in [-0.1, -0.05) is 20.8 Å². The summed E-state index contributed by atoms with van der Waals surface area (Å²) in [6, 6.07) is 0. The summed E-state index contributed by atoms with van der Waals surface area (Å²) in [5.74, 6) is 0. The summed E-state index contributed by atoms with van der Waals surface area (Å²) >= 11 is 0. The molecule has 0 aromatic carbocycles. The molecule has 0 aliphatic carbocycles. The predicted molar refractivity (Wildman–Crippen MR) is 75.5 cm³/mol. The van der Waals surface area contributed by atoms with E-state index in [2.05, 4.69) is 45.0 Å². The summed E-state index contributed by atoms with van der Waals surface area (Å²) in [6.45, 7) is 15.0. The number of nitrogens with one attached hydrogen (secondary N) is 1. The lowest BCUT2D eigenvalue weighted by molar-refractivity contribution is 0.0851. The fourth-order valence-electron chi connectivity index (χ4n) is 2.32. The average molecular weight is 244 g/mol. The van der Waals surface area contributed by atoms with Crippen molar-refractivity contribution in [3.8, 4) is 0 Å². The highest BCUT2D eigenvalue weighted by Gasteiger charge is 2.27. The first kappa shape index (κ1) is 16.9. The van der Waals surface area contributed by atoms with Crippen molar-refractivity contribution >= 4 is 0 Å². The third kappa shape index (κ3) is 6.39. The van der Waals surface area contributed by atoms with Crippen LogP contribution in [0.15, 0.2) is 0 Å². The maximum atomic E-state index is 5.45. The molecule has 1 N–H and O–H groups in total. The van der Waals surface area contributed by atoms with Gasteiger partial charge in [0.2, 0.25) is 0 Å². The van der Waals surface area contributed by atoms with Gasteiger partial charge in [0.25, 0.3) is 0 Å². The summed E-state index contributed by atoms with van der Waals surface area (Å²) in [6.07, 6.45) is 2.46. The van der Waals surface area contributed by atoms with E-state index in [1.165, 1.54) is 19.4 Å². The Morgan fingerprint density at radius 3 is 2.18 bits per heavy atom. The van der Waals surface area contributed by atoms with Crippen molar-refractivity contribution in [2.75, 3.05) is 46.4 Å². The zero-order valence-corrected chi connectivity index (χ0v) is 12.5. The number of nitrogens with zero attached hydrogens (tertiary/aromatic N) is 1. The van der Waals surface area contributed by atoms with Gasteiger partial charge in [0.05, 0.1) is 6.61 Å². The van der Waals surface area contributed by atoms with Crippen molar-refractivity contribution in [3.05, 3.63) is 0 Å². The van der Waals surface area contributed by atoms with Gasteiger partial charge in [-0.15, -0.1) is 0 Å². The molecule has 0 atom stereocenters. The Morgan fingerprint density at radius 2 is 1.76 bits per heavy atom. The molecule has 0 amide bonds. The smallest absolute Gasteiger partial charge is 0.0593 e. The van der Waals surface area contributed by atoms with Crippen LogP contribution in [0, 0.1) is 5.41 Å². The van der Waals surface area contributed by atoms with Gasteiger partial charge in [-0.25, -0.2) is 0 Å². The van der Waals surface area contributed by atoms with Gasteiger partial charge < -0.3 is 15.0 Å². The Balaban J connectivity index is 4.26. The van der Waals surface area contributed by atoms with E-state index in [4.69, 9.17) is 4.74 Å². The standard InChI is InChI=1S/C14H32N2O/c1-6-14(7-2,12-15-5)13-16(8-3)10-11-17-9-4/h15H,6-13H2,1-5H3. The summed E-state index contributed by atoms with van der Waals surface area (Å²) < 4.78 is 5.45. The molecule has 0 saturated heterocycles. The van der Waals surface area contributed by atoms with E-state index >= 15 is 0 Å². The maximum Gasteiger partial charge on any atom is 0.0593 e. The van der Waals surface area contributed by atoms with Gasteiger partial charge >= 0.3 is 0 Å². The van der Waals surface area contributed by atoms with Crippen LogP contribution < -0.4 is 5.32 Å². The second-order valence-corrected chi connectivity index (χ2v) is 4.80. The molecular weight excluding hydrogens is 212 g/mol. The number of ether oxygens (including phenoxy) is 1. The molecule has 0 saturated carbocycles. The van der Waals surface area contributed by atoms with E-state index in [0.29, 0.717) is 5.41 Å². The average Bonchev–Trinajstić information content (AvgIpc) is 2.37. The molecule has 0 aromatic rings. The van der Waals surface area contributed by atoms with Crippen molar-refractivity contribution < 1.29 is 4.74 Å². The Bertz CT molecular complexity index is 170. The fourth-order valence-corrected chi connectivity index (χ4v) is 2.32. The second-order valence-electron chi connectivity index (χ2n) is 4.80. The van der Waals surface area contributed by atoms with Gasteiger partial charge in [0.1, 0.15) is 0 Å². The molecule has 0 spiro atoms. The fraction of sp³-hybridized carbons (Fsp3) is 1.00. The maximum absolute atomic E-state index is 5.45. The van der Waals surface area contributed by atoms with Crippen LogP contribution in [0.5, 0.6) is 0 Å². The van der Waals surface area contributed by atoms with E-state index in [9.17, 15) is 0 Å². The molecule has 0 radical (unpaired) electrons. The molecule has 3 heteroatoms. The van der Waals surface area contributed by atoms with Crippen LogP contribution in [0.25, 0.3) is 0 Å². The second kappa shape index (κ2) is 9.86. The van der Waals surface area contributed by atoms with Crippen LogP contribution in [0.1, 0.15) is 40.5 Å². The van der Waals surface area contributed by atoms with E-state index < -0.39 is 0 Å². The number of likely N-dealkylation sites (N-methyl/N-ethyl adjacent to an activating group) is 1. The van der Waals surface area contributed by atoms with Crippen LogP contribution in [0.3, 0.4) is 0 Å². The lowest BCUT2D eigenvalue weighted by Crippen LogP contribution is -2.44. The first-order valence-corrected chi connectivity index (χ1v) is 7.12. The van der Waals surface area contributed by atoms with Crippen LogP contribution in [-0.2, 0) is 4.74 Å². The number of hydrogen-bond donors (Lipinski definition) is 1. The summed E-state index contributed by atoms with van der Waals surface area (Å²) in [5, 5.41) is 3.35. The van der Waals surface area contributed by atoms with E-state index in [-0.39, 0.29) is 0 Å². The third-order valence-corrected chi connectivity index (χ3v) is 3.81. The van der Waals surface area contributed by atoms with Crippen LogP contribution in [-0.4, -0.2) is 51.3 Å². The van der Waals surface area contributed by atoms with Crippen molar-refractivity contribution in [2.24, 2.45) is 5.41 Å². The normalized spacial score (nSPS) is 12.4. The van der Waals surface area contributed by atoms with Crippen molar-refractivity contribution in [3.63, 3.8) is 0 Å². The first-order valence-electron chi connectivity index (χ1n) is 7.12. The Kier molecular flexibility index (Phi) is 9.79. The summed E-state index contributed by atoms with van der Waals surface area (Å²) in [7, 11) is 2.05. The minimum atomic E-state index is 0.414. The van der Waals surface area contributed by atoms with Crippen LogP contribution >= 0.6 is 0 Å². The highest BCUT2D eigenvalue weighted by Crippen LogP contribution is 2.26. The summed E-state index contributed by atoms with van der Waals surface area (Å²) in [4.78, 5) is 2.51. The van der Waals surface area contributed by atoms with Gasteiger partial charge in [-0.3, -0.25) is 0 Å². The van der Waals surface area contributed by atoms with E-state index in [1.54, 1.807) is 0 Å². The topological polar surface area (TPSA) is 24.5 Å². The molecule has 0 aliphatic heterocycles. The molecule has 0 rings (SSSR count). The molecule has 3 nitrogen and oxygen atoms in total. The highest BCUT2D eigenvalue weighted by atomic mass is 16.5. The minimum absolute atomic E-state index is 0.414. The quantitative estimate of drug-likeness (QED) is 0.565. The SMILES string of the molecule is CCOCCN(CC)CC(CC)(CC)CNC. The van der Waals surface area contributed by atoms with Gasteiger partial charge in [0.15, 0.2) is 0 Å².